The van der Waals surface area contributed by atoms with E-state index in [9.17, 15) is 17.6 Å². The molecule has 0 unspecified atom stereocenters. The molecular formula is C25H23FN4O3S. The van der Waals surface area contributed by atoms with E-state index in [1.165, 1.54) is 24.3 Å². The topological polar surface area (TPSA) is 84.3 Å². The number of carbonyl (C=O) groups is 1. The summed E-state index contributed by atoms with van der Waals surface area (Å²) in [6, 6.07) is 19.9. The molecule has 4 rings (SSSR count). The first-order valence-corrected chi connectivity index (χ1v) is 12.3. The quantitative estimate of drug-likeness (QED) is 0.416. The molecule has 0 saturated carbocycles. The number of rotatable bonds is 8. The van der Waals surface area contributed by atoms with Gasteiger partial charge in [0.15, 0.2) is 0 Å². The second kappa shape index (κ2) is 9.88. The molecule has 34 heavy (non-hydrogen) atoms. The number of sulfonamides is 1. The van der Waals surface area contributed by atoms with Crippen molar-refractivity contribution >= 4 is 21.6 Å². The predicted molar refractivity (Wildman–Crippen MR) is 129 cm³/mol. The largest absolute Gasteiger partial charge is 0.348 e. The Labute approximate surface area is 197 Å². The molecule has 1 heterocycles. The number of carbonyl (C=O) groups excluding carboxylic acids is 1. The molecule has 0 spiro atoms. The molecule has 1 N–H and O–H groups in total. The molecule has 0 atom stereocenters. The highest BCUT2D eigenvalue weighted by molar-refractivity contribution is 7.92. The minimum Gasteiger partial charge on any atom is -0.348 e. The number of nitrogens with one attached hydrogen (secondary N) is 1. The molecule has 7 nitrogen and oxygen atoms in total. The summed E-state index contributed by atoms with van der Waals surface area (Å²) in [5.74, 6) is -0.782. The first-order chi connectivity index (χ1) is 16.3. The third kappa shape index (κ3) is 5.32. The van der Waals surface area contributed by atoms with Crippen LogP contribution in [0.5, 0.6) is 0 Å². The van der Waals surface area contributed by atoms with Gasteiger partial charge in [0, 0.05) is 30.1 Å². The van der Waals surface area contributed by atoms with Gasteiger partial charge < -0.3 is 9.88 Å². The van der Waals surface area contributed by atoms with Crippen molar-refractivity contribution in [1.82, 2.24) is 14.9 Å². The summed E-state index contributed by atoms with van der Waals surface area (Å²) < 4.78 is 41.8. The van der Waals surface area contributed by atoms with Crippen molar-refractivity contribution < 1.29 is 17.6 Å². The lowest BCUT2D eigenvalue weighted by molar-refractivity contribution is 0.0951. The highest BCUT2D eigenvalue weighted by Crippen LogP contribution is 2.22. The van der Waals surface area contributed by atoms with E-state index in [4.69, 9.17) is 0 Å². The van der Waals surface area contributed by atoms with Crippen LogP contribution in [0, 0.1) is 5.82 Å². The summed E-state index contributed by atoms with van der Waals surface area (Å²) in [7, 11) is -3.68. The average Bonchev–Trinajstić information content (AvgIpc) is 3.36. The van der Waals surface area contributed by atoms with E-state index >= 15 is 0 Å². The summed E-state index contributed by atoms with van der Waals surface area (Å²) >= 11 is 0. The molecule has 0 radical (unpaired) electrons. The number of benzene rings is 3. The molecule has 3 aromatic carbocycles. The molecular weight excluding hydrogens is 455 g/mol. The zero-order valence-corrected chi connectivity index (χ0v) is 19.2. The van der Waals surface area contributed by atoms with Crippen molar-refractivity contribution in [1.29, 1.82) is 0 Å². The molecule has 4 aromatic rings. The van der Waals surface area contributed by atoms with Crippen LogP contribution in [0.1, 0.15) is 21.5 Å². The van der Waals surface area contributed by atoms with E-state index in [-0.39, 0.29) is 18.0 Å². The van der Waals surface area contributed by atoms with Crippen LogP contribution in [0.15, 0.2) is 91.5 Å². The molecule has 0 aliphatic rings. The third-order valence-corrected chi connectivity index (χ3v) is 6.44. The lowest BCUT2D eigenvalue weighted by Gasteiger charge is -2.23. The number of amides is 1. The third-order valence-electron chi connectivity index (χ3n) is 5.30. The van der Waals surface area contributed by atoms with Gasteiger partial charge in [-0.3, -0.25) is 9.10 Å². The van der Waals surface area contributed by atoms with Crippen LogP contribution in [0.4, 0.5) is 10.1 Å². The van der Waals surface area contributed by atoms with Gasteiger partial charge in [-0.15, -0.1) is 0 Å². The molecule has 0 aliphatic heterocycles. The Morgan fingerprint density at radius 1 is 1.00 bits per heavy atom. The molecule has 1 aromatic heterocycles. The first kappa shape index (κ1) is 23.2. The Balaban J connectivity index is 1.49. The maximum atomic E-state index is 14.1. The van der Waals surface area contributed by atoms with Gasteiger partial charge in [-0.1, -0.05) is 36.4 Å². The van der Waals surface area contributed by atoms with Gasteiger partial charge in [-0.2, -0.15) is 0 Å². The van der Waals surface area contributed by atoms with Gasteiger partial charge in [0.05, 0.1) is 30.5 Å². The van der Waals surface area contributed by atoms with Gasteiger partial charge in [-0.25, -0.2) is 17.8 Å². The fourth-order valence-corrected chi connectivity index (χ4v) is 4.43. The highest BCUT2D eigenvalue weighted by atomic mass is 32.2. The Bertz CT molecular complexity index is 1390. The maximum absolute atomic E-state index is 14.1. The number of anilines is 1. The standard InChI is InChI=1S/C25H23FN4O3S/c1-34(32,33)30(17-21-7-2-4-8-23(21)26)22-12-10-19(11-13-22)25(31)28-16-20-6-3-5-9-24(20)29-15-14-27-18-29/h2-15,18H,16-17H2,1H3,(H,28,31). The van der Waals surface area contributed by atoms with Gasteiger partial charge in [0.25, 0.3) is 5.91 Å². The molecule has 9 heteroatoms. The first-order valence-electron chi connectivity index (χ1n) is 10.5. The summed E-state index contributed by atoms with van der Waals surface area (Å²) in [6.07, 6.45) is 6.26. The van der Waals surface area contributed by atoms with Gasteiger partial charge in [-0.05, 0) is 42.0 Å². The lowest BCUT2D eigenvalue weighted by atomic mass is 10.1. The van der Waals surface area contributed by atoms with Crippen LogP contribution >= 0.6 is 0 Å². The van der Waals surface area contributed by atoms with Crippen LogP contribution in [-0.4, -0.2) is 30.1 Å². The molecule has 0 saturated heterocycles. The SMILES string of the molecule is CS(=O)(=O)N(Cc1ccccc1F)c1ccc(C(=O)NCc2ccccc2-n2ccnc2)cc1. The number of para-hydroxylation sites is 1. The highest BCUT2D eigenvalue weighted by Gasteiger charge is 2.20. The van der Waals surface area contributed by atoms with Crippen molar-refractivity contribution in [2.75, 3.05) is 10.6 Å². The summed E-state index contributed by atoms with van der Waals surface area (Å²) in [6.45, 7) is 0.153. The fraction of sp³-hybridized carbons (Fsp3) is 0.120. The Morgan fingerprint density at radius 2 is 1.68 bits per heavy atom. The number of nitrogens with zero attached hydrogens (tertiary/aromatic N) is 3. The van der Waals surface area contributed by atoms with E-state index in [0.717, 1.165) is 21.8 Å². The van der Waals surface area contributed by atoms with Gasteiger partial charge >= 0.3 is 0 Å². The average molecular weight is 479 g/mol. The number of hydrogen-bond donors (Lipinski definition) is 1. The predicted octanol–water partition coefficient (Wildman–Crippen LogP) is 3.91. The molecule has 0 aliphatic carbocycles. The Kier molecular flexibility index (Phi) is 6.74. The van der Waals surface area contributed by atoms with E-state index in [0.29, 0.717) is 17.8 Å². The second-order valence-corrected chi connectivity index (χ2v) is 9.60. The van der Waals surface area contributed by atoms with Gasteiger partial charge in [0.2, 0.25) is 10.0 Å². The summed E-state index contributed by atoms with van der Waals surface area (Å²) in [5.41, 5.74) is 2.80. The van der Waals surface area contributed by atoms with Crippen molar-refractivity contribution in [3.05, 3.63) is 114 Å². The van der Waals surface area contributed by atoms with E-state index in [2.05, 4.69) is 10.3 Å². The second-order valence-electron chi connectivity index (χ2n) is 7.69. The number of aromatic nitrogens is 2. The van der Waals surface area contributed by atoms with Crippen LogP contribution < -0.4 is 9.62 Å². The normalized spacial score (nSPS) is 11.2. The van der Waals surface area contributed by atoms with Crippen LogP contribution in [0.25, 0.3) is 5.69 Å². The van der Waals surface area contributed by atoms with Crippen LogP contribution in [0.2, 0.25) is 0 Å². The maximum Gasteiger partial charge on any atom is 0.251 e. The minimum absolute atomic E-state index is 0.151. The zero-order chi connectivity index (χ0) is 24.1. The Hall–Kier alpha value is -3.98. The number of hydrogen-bond acceptors (Lipinski definition) is 4. The van der Waals surface area contributed by atoms with Crippen molar-refractivity contribution in [2.24, 2.45) is 0 Å². The van der Waals surface area contributed by atoms with Crippen molar-refractivity contribution in [2.45, 2.75) is 13.1 Å². The zero-order valence-electron chi connectivity index (χ0n) is 18.4. The number of halogens is 1. The minimum atomic E-state index is -3.68. The van der Waals surface area contributed by atoms with Crippen LogP contribution in [-0.2, 0) is 23.1 Å². The summed E-state index contributed by atoms with van der Waals surface area (Å²) in [5, 5.41) is 2.89. The van der Waals surface area contributed by atoms with E-state index < -0.39 is 15.8 Å². The van der Waals surface area contributed by atoms with E-state index in [1.807, 2.05) is 35.0 Å². The molecule has 0 bridgehead atoms. The van der Waals surface area contributed by atoms with Crippen molar-refractivity contribution in [3.8, 4) is 5.69 Å². The monoisotopic (exact) mass is 478 g/mol. The molecule has 174 valence electrons. The number of imidazole rings is 1. The summed E-state index contributed by atoms with van der Waals surface area (Å²) in [4.78, 5) is 16.8. The molecule has 1 amide bonds. The van der Waals surface area contributed by atoms with E-state index in [1.54, 1.807) is 36.8 Å². The van der Waals surface area contributed by atoms with Gasteiger partial charge in [0.1, 0.15) is 5.82 Å². The fourth-order valence-electron chi connectivity index (χ4n) is 3.55. The smallest absolute Gasteiger partial charge is 0.251 e. The lowest BCUT2D eigenvalue weighted by Crippen LogP contribution is -2.30. The Morgan fingerprint density at radius 3 is 2.32 bits per heavy atom. The molecule has 0 fully saturated rings. The van der Waals surface area contributed by atoms with Crippen LogP contribution in [0.3, 0.4) is 0 Å². The van der Waals surface area contributed by atoms with Crippen molar-refractivity contribution in [3.63, 3.8) is 0 Å².